The molecule has 1 saturated heterocycles. The monoisotopic (exact) mass is 411 g/mol. The van der Waals surface area contributed by atoms with Gasteiger partial charge in [0.25, 0.3) is 0 Å². The van der Waals surface area contributed by atoms with E-state index in [9.17, 15) is 14.4 Å². The van der Waals surface area contributed by atoms with Crippen molar-refractivity contribution in [1.82, 2.24) is 5.32 Å². The van der Waals surface area contributed by atoms with E-state index < -0.39 is 17.5 Å². The summed E-state index contributed by atoms with van der Waals surface area (Å²) in [5.74, 6) is -1.40. The van der Waals surface area contributed by atoms with Gasteiger partial charge in [0.05, 0.1) is 5.92 Å². The van der Waals surface area contributed by atoms with Crippen molar-refractivity contribution in [3.8, 4) is 0 Å². The Hall–Kier alpha value is -1.59. The van der Waals surface area contributed by atoms with Gasteiger partial charge in [-0.3, -0.25) is 9.59 Å². The lowest BCUT2D eigenvalue weighted by Crippen LogP contribution is -2.42. The van der Waals surface area contributed by atoms with Gasteiger partial charge in [-0.2, -0.15) is 0 Å². The summed E-state index contributed by atoms with van der Waals surface area (Å²) in [7, 11) is 0. The second kappa shape index (κ2) is 9.05. The van der Waals surface area contributed by atoms with Crippen LogP contribution >= 0.6 is 0 Å². The van der Waals surface area contributed by atoms with Crippen molar-refractivity contribution in [1.29, 1.82) is 0 Å². The first kappa shape index (κ1) is 25.4. The second-order valence-electron chi connectivity index (χ2n) is 11.2. The Morgan fingerprint density at radius 3 is 2.14 bits per heavy atom. The molecule has 1 aliphatic heterocycles. The van der Waals surface area contributed by atoms with E-state index in [1.165, 1.54) is 0 Å². The van der Waals surface area contributed by atoms with E-state index in [2.05, 4.69) is 19.2 Å². The molecule has 0 aromatic carbocycles. The smallest absolute Gasteiger partial charge is 0.348 e. The zero-order valence-electron chi connectivity index (χ0n) is 20.0. The molecular formula is C23H41NO5. The maximum Gasteiger partial charge on any atom is 0.348 e. The van der Waals surface area contributed by atoms with Gasteiger partial charge in [-0.1, -0.05) is 55.4 Å². The van der Waals surface area contributed by atoms with Gasteiger partial charge < -0.3 is 14.8 Å². The molecule has 1 heterocycles. The highest BCUT2D eigenvalue weighted by Crippen LogP contribution is 2.40. The van der Waals surface area contributed by atoms with Crippen molar-refractivity contribution in [3.63, 3.8) is 0 Å². The molecule has 3 atom stereocenters. The normalized spacial score (nSPS) is 21.5. The average molecular weight is 412 g/mol. The molecule has 29 heavy (non-hydrogen) atoms. The summed E-state index contributed by atoms with van der Waals surface area (Å²) >= 11 is 0. The minimum atomic E-state index is -0.872. The van der Waals surface area contributed by atoms with Gasteiger partial charge in [-0.05, 0) is 37.5 Å². The lowest BCUT2D eigenvalue weighted by atomic mass is 9.70. The molecule has 1 N–H and O–H groups in total. The van der Waals surface area contributed by atoms with Crippen LogP contribution in [-0.4, -0.2) is 36.6 Å². The largest absolute Gasteiger partial charge is 0.462 e. The molecular weight excluding hydrogens is 370 g/mol. The third kappa shape index (κ3) is 6.71. The molecule has 0 saturated carbocycles. The molecule has 6 heteroatoms. The minimum absolute atomic E-state index is 0.0235. The van der Waals surface area contributed by atoms with Crippen molar-refractivity contribution in [2.24, 2.45) is 28.1 Å². The van der Waals surface area contributed by atoms with Crippen LogP contribution in [-0.2, 0) is 23.9 Å². The predicted molar refractivity (Wildman–Crippen MR) is 113 cm³/mol. The fraction of sp³-hybridized carbons (Fsp3) is 0.870. The van der Waals surface area contributed by atoms with E-state index >= 15 is 0 Å². The van der Waals surface area contributed by atoms with Crippen LogP contribution in [0.5, 0.6) is 0 Å². The zero-order chi connectivity index (χ0) is 22.8. The summed E-state index contributed by atoms with van der Waals surface area (Å²) in [6.45, 7) is 19.9. The Labute approximate surface area is 176 Å². The van der Waals surface area contributed by atoms with Gasteiger partial charge in [0.1, 0.15) is 6.61 Å². The summed E-state index contributed by atoms with van der Waals surface area (Å²) in [5, 5.41) is 2.97. The van der Waals surface area contributed by atoms with Gasteiger partial charge >= 0.3 is 11.9 Å². The SMILES string of the molecule is CC(C)NC(=O)C(C)C(C)(C)CCC(C(=O)O[C@H]1C(=O)OCC1(C)C)C(C)(C)C. The first-order valence-electron chi connectivity index (χ1n) is 10.7. The fourth-order valence-electron chi connectivity index (χ4n) is 3.54. The third-order valence-corrected chi connectivity index (χ3v) is 6.15. The first-order valence-corrected chi connectivity index (χ1v) is 10.7. The standard InChI is InChI=1S/C23H41NO5/c1-14(2)24-18(25)15(3)22(7,8)12-11-16(21(4,5)6)19(26)29-17-20(27)28-13-23(17,9)10/h14-17H,11-13H2,1-10H3,(H,24,25)/t15?,16?,17-/m0/s1. The Kier molecular flexibility index (Phi) is 7.94. The molecule has 0 bridgehead atoms. The summed E-state index contributed by atoms with van der Waals surface area (Å²) in [6, 6.07) is 0.0903. The van der Waals surface area contributed by atoms with Crippen LogP contribution in [0.25, 0.3) is 0 Å². The fourth-order valence-corrected chi connectivity index (χ4v) is 3.54. The number of carbonyl (C=O) groups excluding carboxylic acids is 3. The quantitative estimate of drug-likeness (QED) is 0.608. The summed E-state index contributed by atoms with van der Waals surface area (Å²) in [6.07, 6.45) is 0.398. The van der Waals surface area contributed by atoms with Crippen molar-refractivity contribution >= 4 is 17.8 Å². The molecule has 1 fully saturated rings. The first-order chi connectivity index (χ1) is 13.0. The highest BCUT2D eigenvalue weighted by Gasteiger charge is 2.48. The highest BCUT2D eigenvalue weighted by atomic mass is 16.6. The number of hydrogen-bond acceptors (Lipinski definition) is 5. The van der Waals surface area contributed by atoms with Crippen LogP contribution in [0, 0.1) is 28.1 Å². The molecule has 6 nitrogen and oxygen atoms in total. The number of rotatable bonds is 8. The Morgan fingerprint density at radius 1 is 1.17 bits per heavy atom. The van der Waals surface area contributed by atoms with Crippen LogP contribution in [0.2, 0.25) is 0 Å². The Bertz CT molecular complexity index is 615. The molecule has 0 aliphatic carbocycles. The Morgan fingerprint density at radius 2 is 1.72 bits per heavy atom. The maximum atomic E-state index is 13.0. The number of amides is 1. The van der Waals surface area contributed by atoms with Gasteiger partial charge in [0.2, 0.25) is 12.0 Å². The van der Waals surface area contributed by atoms with Crippen LogP contribution < -0.4 is 5.32 Å². The van der Waals surface area contributed by atoms with Gasteiger partial charge in [-0.15, -0.1) is 0 Å². The van der Waals surface area contributed by atoms with Gasteiger partial charge in [0, 0.05) is 17.4 Å². The van der Waals surface area contributed by atoms with E-state index in [4.69, 9.17) is 9.47 Å². The number of hydrogen-bond donors (Lipinski definition) is 1. The number of esters is 2. The number of cyclic esters (lactones) is 1. The molecule has 2 unspecified atom stereocenters. The van der Waals surface area contributed by atoms with E-state index in [-0.39, 0.29) is 47.2 Å². The predicted octanol–water partition coefficient (Wildman–Crippen LogP) is 4.11. The van der Waals surface area contributed by atoms with E-state index in [0.29, 0.717) is 12.8 Å². The topological polar surface area (TPSA) is 81.7 Å². The second-order valence-corrected chi connectivity index (χ2v) is 11.2. The molecule has 0 aromatic heterocycles. The Balaban J connectivity index is 2.88. The number of nitrogens with one attached hydrogen (secondary N) is 1. The van der Waals surface area contributed by atoms with Crippen LogP contribution in [0.1, 0.15) is 82.1 Å². The van der Waals surface area contributed by atoms with E-state index in [1.807, 2.05) is 55.4 Å². The molecule has 168 valence electrons. The molecule has 0 spiro atoms. The average Bonchev–Trinajstić information content (AvgIpc) is 2.79. The highest BCUT2D eigenvalue weighted by molar-refractivity contribution is 5.83. The van der Waals surface area contributed by atoms with E-state index in [0.717, 1.165) is 0 Å². The van der Waals surface area contributed by atoms with Crippen molar-refractivity contribution in [2.75, 3.05) is 6.61 Å². The lowest BCUT2D eigenvalue weighted by molar-refractivity contribution is -0.169. The van der Waals surface area contributed by atoms with Gasteiger partial charge in [-0.25, -0.2) is 4.79 Å². The van der Waals surface area contributed by atoms with E-state index in [1.54, 1.807) is 0 Å². The lowest BCUT2D eigenvalue weighted by Gasteiger charge is -2.36. The zero-order valence-corrected chi connectivity index (χ0v) is 20.0. The van der Waals surface area contributed by atoms with Crippen molar-refractivity contribution < 1.29 is 23.9 Å². The third-order valence-electron chi connectivity index (χ3n) is 6.15. The summed E-state index contributed by atoms with van der Waals surface area (Å²) in [5.41, 5.74) is -1.14. The molecule has 1 aliphatic rings. The van der Waals surface area contributed by atoms with Crippen molar-refractivity contribution in [2.45, 2.75) is 94.2 Å². The molecule has 0 aromatic rings. The van der Waals surface area contributed by atoms with Crippen LogP contribution in [0.3, 0.4) is 0 Å². The summed E-state index contributed by atoms with van der Waals surface area (Å²) < 4.78 is 10.8. The maximum absolute atomic E-state index is 13.0. The number of ether oxygens (including phenoxy) is 2. The molecule has 1 rings (SSSR count). The number of carbonyl (C=O) groups is 3. The summed E-state index contributed by atoms with van der Waals surface area (Å²) in [4.78, 5) is 37.5. The molecule has 1 amide bonds. The minimum Gasteiger partial charge on any atom is -0.462 e. The molecule has 0 radical (unpaired) electrons. The van der Waals surface area contributed by atoms with Gasteiger partial charge in [0.15, 0.2) is 0 Å². The van der Waals surface area contributed by atoms with Crippen LogP contribution in [0.4, 0.5) is 0 Å². The van der Waals surface area contributed by atoms with Crippen LogP contribution in [0.15, 0.2) is 0 Å². The van der Waals surface area contributed by atoms with Crippen molar-refractivity contribution in [3.05, 3.63) is 0 Å².